The summed E-state index contributed by atoms with van der Waals surface area (Å²) in [6, 6.07) is 3.93. The molecule has 92 valence electrons. The topological polar surface area (TPSA) is 77.5 Å². The highest BCUT2D eigenvalue weighted by atomic mass is 35.5. The SMILES string of the molecule is COC(=O)c1cccc(S(=O)(=O)CC=O)c1Cl. The number of hydrogen-bond acceptors (Lipinski definition) is 5. The number of hydrogen-bond donors (Lipinski definition) is 0. The number of esters is 1. The van der Waals surface area contributed by atoms with Crippen molar-refractivity contribution in [1.82, 2.24) is 0 Å². The van der Waals surface area contributed by atoms with E-state index in [2.05, 4.69) is 4.74 Å². The van der Waals surface area contributed by atoms with E-state index in [1.807, 2.05) is 0 Å². The van der Waals surface area contributed by atoms with E-state index in [0.717, 1.165) is 7.11 Å². The predicted octanol–water partition coefficient (Wildman–Crippen LogP) is 1.10. The molecule has 17 heavy (non-hydrogen) atoms. The van der Waals surface area contributed by atoms with E-state index in [0.29, 0.717) is 0 Å². The molecular formula is C10H9ClO5S. The first-order valence-corrected chi connectivity index (χ1v) is 6.50. The summed E-state index contributed by atoms with van der Waals surface area (Å²) >= 11 is 5.81. The average Bonchev–Trinajstić information content (AvgIpc) is 2.28. The van der Waals surface area contributed by atoms with Crippen molar-refractivity contribution in [1.29, 1.82) is 0 Å². The van der Waals surface area contributed by atoms with Crippen molar-refractivity contribution in [3.63, 3.8) is 0 Å². The molecule has 1 aromatic rings. The number of methoxy groups -OCH3 is 1. The van der Waals surface area contributed by atoms with Crippen LogP contribution in [-0.4, -0.2) is 33.5 Å². The van der Waals surface area contributed by atoms with Crippen LogP contribution in [0.15, 0.2) is 23.1 Å². The molecule has 0 aliphatic heterocycles. The average molecular weight is 277 g/mol. The van der Waals surface area contributed by atoms with Crippen LogP contribution in [0.4, 0.5) is 0 Å². The third-order valence-electron chi connectivity index (χ3n) is 1.99. The number of carbonyl (C=O) groups excluding carboxylic acids is 2. The molecular weight excluding hydrogens is 268 g/mol. The second-order valence-corrected chi connectivity index (χ2v) is 5.44. The van der Waals surface area contributed by atoms with Crippen LogP contribution >= 0.6 is 11.6 Å². The standard InChI is InChI=1S/C10H9ClO5S/c1-16-10(13)7-3-2-4-8(9(7)11)17(14,15)6-5-12/h2-5H,6H2,1H3. The molecule has 0 fully saturated rings. The van der Waals surface area contributed by atoms with Gasteiger partial charge in [0.2, 0.25) is 0 Å². The number of ether oxygens (including phenoxy) is 1. The van der Waals surface area contributed by atoms with Gasteiger partial charge < -0.3 is 9.53 Å². The Hall–Kier alpha value is -1.40. The first-order valence-electron chi connectivity index (χ1n) is 4.47. The molecule has 0 atom stereocenters. The van der Waals surface area contributed by atoms with Crippen LogP contribution in [0.25, 0.3) is 0 Å². The van der Waals surface area contributed by atoms with Gasteiger partial charge in [0.05, 0.1) is 22.6 Å². The second kappa shape index (κ2) is 5.29. The van der Waals surface area contributed by atoms with Gasteiger partial charge in [-0.2, -0.15) is 0 Å². The molecule has 0 saturated heterocycles. The molecule has 0 amide bonds. The van der Waals surface area contributed by atoms with Crippen LogP contribution in [-0.2, 0) is 19.4 Å². The molecule has 0 unspecified atom stereocenters. The summed E-state index contributed by atoms with van der Waals surface area (Å²) in [4.78, 5) is 21.3. The Labute approximate surface area is 103 Å². The highest BCUT2D eigenvalue weighted by Crippen LogP contribution is 2.26. The van der Waals surface area contributed by atoms with E-state index in [4.69, 9.17) is 11.6 Å². The minimum absolute atomic E-state index is 0.0545. The second-order valence-electron chi connectivity index (χ2n) is 3.06. The molecule has 1 aromatic carbocycles. The van der Waals surface area contributed by atoms with Gasteiger partial charge in [-0.3, -0.25) is 0 Å². The molecule has 0 heterocycles. The van der Waals surface area contributed by atoms with E-state index < -0.39 is 21.6 Å². The fourth-order valence-electron chi connectivity index (χ4n) is 1.20. The molecule has 1 rings (SSSR count). The molecule has 0 aromatic heterocycles. The lowest BCUT2D eigenvalue weighted by atomic mass is 10.2. The maximum Gasteiger partial charge on any atom is 0.339 e. The van der Waals surface area contributed by atoms with Gasteiger partial charge in [0, 0.05) is 0 Å². The zero-order valence-electron chi connectivity index (χ0n) is 8.84. The maximum atomic E-state index is 11.6. The maximum absolute atomic E-state index is 11.6. The molecule has 0 radical (unpaired) electrons. The van der Waals surface area contributed by atoms with Gasteiger partial charge in [-0.25, -0.2) is 13.2 Å². The Balaban J connectivity index is 3.38. The van der Waals surface area contributed by atoms with Gasteiger partial charge in [0.15, 0.2) is 9.84 Å². The van der Waals surface area contributed by atoms with E-state index in [-0.39, 0.29) is 21.8 Å². The molecule has 0 aliphatic carbocycles. The normalized spacial score (nSPS) is 10.9. The number of carbonyl (C=O) groups is 2. The Morgan fingerprint density at radius 1 is 1.47 bits per heavy atom. The molecule has 0 aliphatic rings. The first kappa shape index (κ1) is 13.7. The van der Waals surface area contributed by atoms with Crippen LogP contribution in [0, 0.1) is 0 Å². The zero-order chi connectivity index (χ0) is 13.1. The van der Waals surface area contributed by atoms with Crippen LogP contribution in [0.3, 0.4) is 0 Å². The van der Waals surface area contributed by atoms with Crippen LogP contribution in [0.5, 0.6) is 0 Å². The molecule has 0 N–H and O–H groups in total. The highest BCUT2D eigenvalue weighted by Gasteiger charge is 2.22. The summed E-state index contributed by atoms with van der Waals surface area (Å²) < 4.78 is 27.8. The molecule has 0 spiro atoms. The monoisotopic (exact) mass is 276 g/mol. The van der Waals surface area contributed by atoms with Crippen molar-refractivity contribution in [2.45, 2.75) is 4.90 Å². The summed E-state index contributed by atoms with van der Waals surface area (Å²) in [5.74, 6) is -1.42. The summed E-state index contributed by atoms with van der Waals surface area (Å²) in [5, 5.41) is -0.235. The molecule has 7 heteroatoms. The lowest BCUT2D eigenvalue weighted by Gasteiger charge is -2.07. The van der Waals surface area contributed by atoms with Gasteiger partial charge in [0.25, 0.3) is 0 Å². The van der Waals surface area contributed by atoms with E-state index in [1.54, 1.807) is 0 Å². The fraction of sp³-hybridized carbons (Fsp3) is 0.200. The summed E-state index contributed by atoms with van der Waals surface area (Å²) in [6.45, 7) is 0. The predicted molar refractivity (Wildman–Crippen MR) is 60.9 cm³/mol. The molecule has 0 saturated carbocycles. The third kappa shape index (κ3) is 2.83. The Morgan fingerprint density at radius 3 is 2.65 bits per heavy atom. The molecule has 0 bridgehead atoms. The summed E-state index contributed by atoms with van der Waals surface area (Å²) in [6.07, 6.45) is 0.260. The zero-order valence-corrected chi connectivity index (χ0v) is 10.4. The lowest BCUT2D eigenvalue weighted by Crippen LogP contribution is -2.11. The number of halogens is 1. The van der Waals surface area contributed by atoms with Gasteiger partial charge in [-0.05, 0) is 12.1 Å². The van der Waals surface area contributed by atoms with E-state index in [1.165, 1.54) is 18.2 Å². The smallest absolute Gasteiger partial charge is 0.339 e. The van der Waals surface area contributed by atoms with Crippen molar-refractivity contribution in [3.8, 4) is 0 Å². The van der Waals surface area contributed by atoms with Crippen LogP contribution < -0.4 is 0 Å². The van der Waals surface area contributed by atoms with Crippen molar-refractivity contribution < 1.29 is 22.7 Å². The van der Waals surface area contributed by atoms with Crippen molar-refractivity contribution in [2.75, 3.05) is 12.9 Å². The lowest BCUT2D eigenvalue weighted by molar-refractivity contribution is -0.105. The Morgan fingerprint density at radius 2 is 2.12 bits per heavy atom. The van der Waals surface area contributed by atoms with Crippen molar-refractivity contribution in [2.24, 2.45) is 0 Å². The van der Waals surface area contributed by atoms with E-state index >= 15 is 0 Å². The minimum atomic E-state index is -3.81. The van der Waals surface area contributed by atoms with Crippen molar-refractivity contribution in [3.05, 3.63) is 28.8 Å². The largest absolute Gasteiger partial charge is 0.465 e. The summed E-state index contributed by atoms with van der Waals surface area (Å²) in [7, 11) is -2.66. The van der Waals surface area contributed by atoms with Gasteiger partial charge in [0.1, 0.15) is 12.0 Å². The number of aldehydes is 1. The Kier molecular flexibility index (Phi) is 4.25. The fourth-order valence-corrected chi connectivity index (χ4v) is 2.78. The van der Waals surface area contributed by atoms with Crippen molar-refractivity contribution >= 4 is 33.7 Å². The van der Waals surface area contributed by atoms with Crippen LogP contribution in [0.2, 0.25) is 5.02 Å². The van der Waals surface area contributed by atoms with E-state index in [9.17, 15) is 18.0 Å². The third-order valence-corrected chi connectivity index (χ3v) is 4.10. The minimum Gasteiger partial charge on any atom is -0.465 e. The number of benzene rings is 1. The quantitative estimate of drug-likeness (QED) is 0.608. The van der Waals surface area contributed by atoms with Gasteiger partial charge in [-0.1, -0.05) is 17.7 Å². The summed E-state index contributed by atoms with van der Waals surface area (Å²) in [5.41, 5.74) is -0.0545. The van der Waals surface area contributed by atoms with Gasteiger partial charge >= 0.3 is 5.97 Å². The number of rotatable bonds is 4. The Bertz CT molecular complexity index is 550. The first-order chi connectivity index (χ1) is 7.94. The highest BCUT2D eigenvalue weighted by molar-refractivity contribution is 7.92. The molecule has 5 nitrogen and oxygen atoms in total. The van der Waals surface area contributed by atoms with Crippen LogP contribution in [0.1, 0.15) is 10.4 Å². The van der Waals surface area contributed by atoms with Gasteiger partial charge in [-0.15, -0.1) is 0 Å². The number of sulfone groups is 1.